The maximum absolute atomic E-state index is 4.60. The van der Waals surface area contributed by atoms with Crippen molar-refractivity contribution in [3.8, 4) is 0 Å². The number of nitrogens with one attached hydrogen (secondary N) is 1. The number of rotatable bonds is 6. The summed E-state index contributed by atoms with van der Waals surface area (Å²) in [5.41, 5.74) is 0. The zero-order valence-corrected chi connectivity index (χ0v) is 11.7. The minimum absolute atomic E-state index is 0.584. The van der Waals surface area contributed by atoms with E-state index in [-0.39, 0.29) is 0 Å². The van der Waals surface area contributed by atoms with Crippen LogP contribution in [0.1, 0.15) is 64.2 Å². The Morgan fingerprint density at radius 1 is 1.28 bits per heavy atom. The highest BCUT2D eigenvalue weighted by atomic mass is 15.3. The van der Waals surface area contributed by atoms with E-state index in [2.05, 4.69) is 33.9 Å². The first-order valence-corrected chi connectivity index (χ1v) is 7.44. The third-order valence-corrected chi connectivity index (χ3v) is 4.03. The standard InChI is InChI=1S/C14H26N4/c1-3-9-15-10-14-16-11-18(17-14)13-7-5-12(4-2)6-8-13/h11-13,15H,3-10H2,1-2H3. The molecule has 1 fully saturated rings. The van der Waals surface area contributed by atoms with E-state index in [0.717, 1.165) is 31.3 Å². The molecule has 102 valence electrons. The van der Waals surface area contributed by atoms with Crippen LogP contribution in [0.5, 0.6) is 0 Å². The monoisotopic (exact) mass is 250 g/mol. The van der Waals surface area contributed by atoms with Crippen LogP contribution in [-0.2, 0) is 6.54 Å². The molecule has 0 spiro atoms. The minimum atomic E-state index is 0.584. The molecule has 1 aromatic rings. The fourth-order valence-corrected chi connectivity index (χ4v) is 2.76. The maximum atomic E-state index is 4.60. The number of aromatic nitrogens is 3. The molecular weight excluding hydrogens is 224 g/mol. The fraction of sp³-hybridized carbons (Fsp3) is 0.857. The zero-order valence-electron chi connectivity index (χ0n) is 11.7. The van der Waals surface area contributed by atoms with Crippen molar-refractivity contribution in [3.63, 3.8) is 0 Å². The molecule has 2 rings (SSSR count). The molecule has 1 heterocycles. The molecule has 0 aromatic carbocycles. The van der Waals surface area contributed by atoms with Crippen molar-refractivity contribution in [2.24, 2.45) is 5.92 Å². The van der Waals surface area contributed by atoms with Crippen molar-refractivity contribution < 1.29 is 0 Å². The predicted molar refractivity (Wildman–Crippen MR) is 73.3 cm³/mol. The van der Waals surface area contributed by atoms with Gasteiger partial charge in [0.2, 0.25) is 0 Å². The van der Waals surface area contributed by atoms with Crippen molar-refractivity contribution in [2.75, 3.05) is 6.54 Å². The second kappa shape index (κ2) is 6.88. The lowest BCUT2D eigenvalue weighted by molar-refractivity contribution is 0.255. The Labute approximate surface area is 110 Å². The van der Waals surface area contributed by atoms with E-state index in [9.17, 15) is 0 Å². The average Bonchev–Trinajstić information content (AvgIpc) is 2.88. The molecular formula is C14H26N4. The van der Waals surface area contributed by atoms with Crippen LogP contribution in [0.2, 0.25) is 0 Å². The summed E-state index contributed by atoms with van der Waals surface area (Å²) in [6.07, 6.45) is 9.64. The van der Waals surface area contributed by atoms with E-state index < -0.39 is 0 Å². The number of hydrogen-bond donors (Lipinski definition) is 1. The minimum Gasteiger partial charge on any atom is -0.310 e. The first-order chi connectivity index (χ1) is 8.83. The van der Waals surface area contributed by atoms with Crippen LogP contribution >= 0.6 is 0 Å². The molecule has 0 radical (unpaired) electrons. The lowest BCUT2D eigenvalue weighted by Crippen LogP contribution is -2.19. The maximum Gasteiger partial charge on any atom is 0.164 e. The molecule has 1 N–H and O–H groups in total. The molecule has 0 atom stereocenters. The zero-order chi connectivity index (χ0) is 12.8. The largest absolute Gasteiger partial charge is 0.310 e. The molecule has 4 heteroatoms. The highest BCUT2D eigenvalue weighted by Crippen LogP contribution is 2.32. The molecule has 4 nitrogen and oxygen atoms in total. The summed E-state index contributed by atoms with van der Waals surface area (Å²) in [7, 11) is 0. The smallest absolute Gasteiger partial charge is 0.164 e. The van der Waals surface area contributed by atoms with Gasteiger partial charge in [0.15, 0.2) is 5.82 Å². The third kappa shape index (κ3) is 3.55. The molecule has 0 bridgehead atoms. The van der Waals surface area contributed by atoms with Crippen LogP contribution < -0.4 is 5.32 Å². The Kier molecular flexibility index (Phi) is 5.17. The third-order valence-electron chi connectivity index (χ3n) is 4.03. The van der Waals surface area contributed by atoms with Gasteiger partial charge in [-0.05, 0) is 44.6 Å². The quantitative estimate of drug-likeness (QED) is 0.789. The van der Waals surface area contributed by atoms with Gasteiger partial charge in [0, 0.05) is 0 Å². The summed E-state index contributed by atoms with van der Waals surface area (Å²) >= 11 is 0. The fourth-order valence-electron chi connectivity index (χ4n) is 2.76. The molecule has 0 amide bonds. The van der Waals surface area contributed by atoms with Gasteiger partial charge < -0.3 is 5.32 Å². The van der Waals surface area contributed by atoms with Gasteiger partial charge in [-0.25, -0.2) is 9.67 Å². The van der Waals surface area contributed by atoms with E-state index >= 15 is 0 Å². The van der Waals surface area contributed by atoms with E-state index in [1.54, 1.807) is 0 Å². The molecule has 18 heavy (non-hydrogen) atoms. The van der Waals surface area contributed by atoms with Crippen LogP contribution in [0, 0.1) is 5.92 Å². The second-order valence-electron chi connectivity index (χ2n) is 5.40. The van der Waals surface area contributed by atoms with Crippen LogP contribution in [0.3, 0.4) is 0 Å². The van der Waals surface area contributed by atoms with Crippen molar-refractivity contribution in [1.82, 2.24) is 20.1 Å². The second-order valence-corrected chi connectivity index (χ2v) is 5.40. The number of hydrogen-bond acceptors (Lipinski definition) is 3. The predicted octanol–water partition coefficient (Wildman–Crippen LogP) is 2.92. The summed E-state index contributed by atoms with van der Waals surface area (Å²) in [5, 5.41) is 7.95. The molecule has 1 aliphatic carbocycles. The Morgan fingerprint density at radius 2 is 2.06 bits per heavy atom. The van der Waals surface area contributed by atoms with Crippen molar-refractivity contribution in [3.05, 3.63) is 12.2 Å². The van der Waals surface area contributed by atoms with E-state index in [1.165, 1.54) is 32.1 Å². The van der Waals surface area contributed by atoms with Crippen molar-refractivity contribution in [2.45, 2.75) is 65.0 Å². The van der Waals surface area contributed by atoms with Crippen molar-refractivity contribution in [1.29, 1.82) is 0 Å². The Balaban J connectivity index is 1.82. The Morgan fingerprint density at radius 3 is 2.72 bits per heavy atom. The van der Waals surface area contributed by atoms with Crippen LogP contribution in [-0.4, -0.2) is 21.3 Å². The van der Waals surface area contributed by atoms with Crippen LogP contribution in [0.25, 0.3) is 0 Å². The van der Waals surface area contributed by atoms with Gasteiger partial charge >= 0.3 is 0 Å². The van der Waals surface area contributed by atoms with Gasteiger partial charge in [0.05, 0.1) is 12.6 Å². The Hall–Kier alpha value is -0.900. The van der Waals surface area contributed by atoms with Gasteiger partial charge in [0.25, 0.3) is 0 Å². The van der Waals surface area contributed by atoms with Gasteiger partial charge in [-0.15, -0.1) is 0 Å². The summed E-state index contributed by atoms with van der Waals surface area (Å²) < 4.78 is 2.09. The molecule has 0 saturated heterocycles. The summed E-state index contributed by atoms with van der Waals surface area (Å²) in [6.45, 7) is 6.31. The highest BCUT2D eigenvalue weighted by Gasteiger charge is 2.21. The van der Waals surface area contributed by atoms with Gasteiger partial charge in [-0.2, -0.15) is 5.10 Å². The van der Waals surface area contributed by atoms with Crippen LogP contribution in [0.4, 0.5) is 0 Å². The first-order valence-electron chi connectivity index (χ1n) is 7.44. The van der Waals surface area contributed by atoms with Crippen molar-refractivity contribution >= 4 is 0 Å². The molecule has 1 saturated carbocycles. The van der Waals surface area contributed by atoms with Gasteiger partial charge in [-0.3, -0.25) is 0 Å². The summed E-state index contributed by atoms with van der Waals surface area (Å²) in [6, 6.07) is 0.584. The lowest BCUT2D eigenvalue weighted by atomic mass is 9.85. The molecule has 1 aromatic heterocycles. The summed E-state index contributed by atoms with van der Waals surface area (Å²) in [5.74, 6) is 1.87. The summed E-state index contributed by atoms with van der Waals surface area (Å²) in [4.78, 5) is 4.39. The normalized spacial score (nSPS) is 24.3. The average molecular weight is 250 g/mol. The SMILES string of the molecule is CCCNCc1ncn(C2CCC(CC)CC2)n1. The van der Waals surface area contributed by atoms with Gasteiger partial charge in [-0.1, -0.05) is 20.3 Å². The van der Waals surface area contributed by atoms with E-state index in [0.29, 0.717) is 6.04 Å². The van der Waals surface area contributed by atoms with E-state index in [1.807, 2.05) is 6.33 Å². The van der Waals surface area contributed by atoms with E-state index in [4.69, 9.17) is 0 Å². The highest BCUT2D eigenvalue weighted by molar-refractivity contribution is 4.84. The van der Waals surface area contributed by atoms with Gasteiger partial charge in [0.1, 0.15) is 6.33 Å². The Bertz CT molecular complexity index is 339. The molecule has 0 aliphatic heterocycles. The lowest BCUT2D eigenvalue weighted by Gasteiger charge is -2.27. The van der Waals surface area contributed by atoms with Crippen LogP contribution in [0.15, 0.2) is 6.33 Å². The number of nitrogens with zero attached hydrogens (tertiary/aromatic N) is 3. The first kappa shape index (κ1) is 13.5. The molecule has 0 unspecified atom stereocenters. The topological polar surface area (TPSA) is 42.7 Å². The molecule has 1 aliphatic rings.